The van der Waals surface area contributed by atoms with E-state index < -0.39 is 11.6 Å². The number of rotatable bonds is 2. The quantitative estimate of drug-likeness (QED) is 0.863. The second-order valence-corrected chi connectivity index (χ2v) is 7.96. The highest BCUT2D eigenvalue weighted by Crippen LogP contribution is 2.43. The van der Waals surface area contributed by atoms with Gasteiger partial charge in [-0.05, 0) is 54.7 Å². The molecule has 0 radical (unpaired) electrons. The van der Waals surface area contributed by atoms with E-state index in [0.717, 1.165) is 42.6 Å². The molecule has 2 aromatic rings. The van der Waals surface area contributed by atoms with E-state index in [1.807, 2.05) is 25.2 Å². The summed E-state index contributed by atoms with van der Waals surface area (Å²) in [6.07, 6.45) is 4.30. The first kappa shape index (κ1) is 17.4. The summed E-state index contributed by atoms with van der Waals surface area (Å²) in [4.78, 5) is 18.9. The molecule has 2 saturated heterocycles. The van der Waals surface area contributed by atoms with Crippen molar-refractivity contribution in [3.05, 3.63) is 42.2 Å². The first-order valence-electron chi connectivity index (χ1n) is 9.56. The Kier molecular flexibility index (Phi) is 3.68. The number of pyridine rings is 1. The Morgan fingerprint density at radius 3 is 2.75 bits per heavy atom. The summed E-state index contributed by atoms with van der Waals surface area (Å²) in [7, 11) is 1.85. The Morgan fingerprint density at radius 2 is 1.96 bits per heavy atom. The van der Waals surface area contributed by atoms with Gasteiger partial charge in [-0.3, -0.25) is 15.1 Å². The molecule has 0 saturated carbocycles. The number of amides is 1. The Morgan fingerprint density at radius 1 is 1.18 bits per heavy atom. The maximum atomic E-state index is 13.9. The summed E-state index contributed by atoms with van der Waals surface area (Å²) in [6.45, 7) is 2.03. The second-order valence-electron chi connectivity index (χ2n) is 7.96. The molecule has 4 heterocycles. The number of ether oxygens (including phenoxy) is 2. The molecule has 5 rings (SSSR count). The molecule has 3 aliphatic rings. The van der Waals surface area contributed by atoms with Crippen molar-refractivity contribution in [2.45, 2.75) is 43.8 Å². The maximum Gasteiger partial charge on any atom is 0.404 e. The van der Waals surface area contributed by atoms with E-state index in [0.29, 0.717) is 11.5 Å². The number of benzene rings is 1. The molecule has 3 atom stereocenters. The number of likely N-dealkylation sites (tertiary alicyclic amines) is 1. The first-order valence-corrected chi connectivity index (χ1v) is 9.56. The molecule has 7 heteroatoms. The molecule has 1 aromatic heterocycles. The lowest BCUT2D eigenvalue weighted by Crippen LogP contribution is -2.47. The number of carbonyl (C=O) groups excluding carboxylic acids is 1. The van der Waals surface area contributed by atoms with Crippen LogP contribution in [0.3, 0.4) is 0 Å². The van der Waals surface area contributed by atoms with Gasteiger partial charge in [0.15, 0.2) is 11.5 Å². The van der Waals surface area contributed by atoms with Gasteiger partial charge in [-0.25, -0.2) is 0 Å². The molecular formula is C21H22FN3O3. The Labute approximate surface area is 162 Å². The van der Waals surface area contributed by atoms with E-state index in [1.54, 1.807) is 23.2 Å². The monoisotopic (exact) mass is 383 g/mol. The zero-order chi connectivity index (χ0) is 19.5. The number of carbonyl (C=O) groups is 1. The molecule has 146 valence electrons. The van der Waals surface area contributed by atoms with Gasteiger partial charge in [-0.2, -0.15) is 4.39 Å². The van der Waals surface area contributed by atoms with Crippen molar-refractivity contribution in [2.24, 2.45) is 0 Å². The highest BCUT2D eigenvalue weighted by Gasteiger charge is 2.50. The molecule has 3 aliphatic heterocycles. The van der Waals surface area contributed by atoms with E-state index in [9.17, 15) is 9.18 Å². The van der Waals surface area contributed by atoms with E-state index >= 15 is 0 Å². The van der Waals surface area contributed by atoms with Gasteiger partial charge in [-0.1, -0.05) is 6.07 Å². The van der Waals surface area contributed by atoms with Crippen molar-refractivity contribution in [3.8, 4) is 22.6 Å². The highest BCUT2D eigenvalue weighted by atomic mass is 19.2. The van der Waals surface area contributed by atoms with Crippen LogP contribution in [0.4, 0.5) is 4.39 Å². The zero-order valence-corrected chi connectivity index (χ0v) is 15.9. The second kappa shape index (κ2) is 5.91. The lowest BCUT2D eigenvalue weighted by molar-refractivity contribution is -0.173. The highest BCUT2D eigenvalue weighted by molar-refractivity contribution is 5.88. The van der Waals surface area contributed by atoms with E-state index in [2.05, 4.69) is 10.3 Å². The minimum Gasteiger partial charge on any atom is -0.423 e. The predicted octanol–water partition coefficient (Wildman–Crippen LogP) is 3.19. The van der Waals surface area contributed by atoms with Crippen LogP contribution in [0.5, 0.6) is 11.5 Å². The van der Waals surface area contributed by atoms with E-state index in [-0.39, 0.29) is 11.9 Å². The van der Waals surface area contributed by atoms with Crippen molar-refractivity contribution in [2.75, 3.05) is 13.6 Å². The summed E-state index contributed by atoms with van der Waals surface area (Å²) in [6, 6.07) is 7.21. The van der Waals surface area contributed by atoms with Crippen LogP contribution in [0, 0.1) is 0 Å². The number of aromatic nitrogens is 1. The summed E-state index contributed by atoms with van der Waals surface area (Å²) in [5, 5.41) is 3.55. The number of nitrogens with zero attached hydrogens (tertiary/aromatic N) is 2. The largest absolute Gasteiger partial charge is 0.423 e. The van der Waals surface area contributed by atoms with Crippen LogP contribution in [-0.2, 0) is 4.79 Å². The minimum atomic E-state index is -2.13. The van der Waals surface area contributed by atoms with Gasteiger partial charge in [0.25, 0.3) is 0 Å². The van der Waals surface area contributed by atoms with Crippen LogP contribution in [0.15, 0.2) is 36.5 Å². The summed E-state index contributed by atoms with van der Waals surface area (Å²) in [5.74, 6) is 0.959. The van der Waals surface area contributed by atoms with E-state index in [4.69, 9.17) is 9.47 Å². The topological polar surface area (TPSA) is 63.7 Å². The molecule has 1 N–H and O–H groups in total. The number of hydrogen-bond acceptors (Lipinski definition) is 5. The van der Waals surface area contributed by atoms with Gasteiger partial charge >= 0.3 is 6.04 Å². The Hall–Kier alpha value is -2.67. The molecule has 2 fully saturated rings. The average Bonchev–Trinajstić information content (AvgIpc) is 3.32. The number of hydrogen-bond donors (Lipinski definition) is 1. The van der Waals surface area contributed by atoms with Crippen molar-refractivity contribution in [1.82, 2.24) is 15.2 Å². The van der Waals surface area contributed by atoms with Gasteiger partial charge in [0.1, 0.15) is 5.54 Å². The third-order valence-electron chi connectivity index (χ3n) is 5.94. The smallest absolute Gasteiger partial charge is 0.404 e. The third kappa shape index (κ3) is 2.73. The number of alkyl halides is 1. The summed E-state index contributed by atoms with van der Waals surface area (Å²) < 4.78 is 24.2. The van der Waals surface area contributed by atoms with Gasteiger partial charge in [0.05, 0.1) is 11.7 Å². The minimum absolute atomic E-state index is 0.0403. The van der Waals surface area contributed by atoms with Gasteiger partial charge < -0.3 is 14.4 Å². The van der Waals surface area contributed by atoms with Crippen molar-refractivity contribution in [1.29, 1.82) is 0 Å². The van der Waals surface area contributed by atoms with Crippen molar-refractivity contribution < 1.29 is 18.7 Å². The number of likely N-dealkylation sites (N-methyl/N-ethyl adjacent to an activating group) is 1. The number of fused-ring (bicyclic) bond motifs is 1. The molecule has 0 aliphatic carbocycles. The molecule has 1 aromatic carbocycles. The Bertz CT molecular complexity index is 964. The van der Waals surface area contributed by atoms with Crippen molar-refractivity contribution >= 4 is 5.91 Å². The lowest BCUT2D eigenvalue weighted by atomic mass is 9.96. The lowest BCUT2D eigenvalue weighted by Gasteiger charge is -2.23. The van der Waals surface area contributed by atoms with Crippen LogP contribution in [0.1, 0.15) is 37.9 Å². The van der Waals surface area contributed by atoms with Crippen LogP contribution >= 0.6 is 0 Å². The fourth-order valence-corrected chi connectivity index (χ4v) is 4.47. The third-order valence-corrected chi connectivity index (χ3v) is 5.94. The van der Waals surface area contributed by atoms with Crippen LogP contribution < -0.4 is 14.8 Å². The standard InChI is InChI=1S/C21H22FN3O3/c1-20(22)27-17-4-3-13(12-18(17)28-20)14-6-9-23-16(11-14)15-5-7-21(24-15)8-10-25(2)19(21)26/h3-4,6,9,11-12,15,24H,5,7-8,10H2,1-2H3. The molecule has 1 amide bonds. The van der Waals surface area contributed by atoms with E-state index in [1.165, 1.54) is 6.92 Å². The molecule has 3 unspecified atom stereocenters. The van der Waals surface area contributed by atoms with Gasteiger partial charge in [-0.15, -0.1) is 0 Å². The van der Waals surface area contributed by atoms with Crippen LogP contribution in [0.25, 0.3) is 11.1 Å². The van der Waals surface area contributed by atoms with Gasteiger partial charge in [0, 0.05) is 26.7 Å². The summed E-state index contributed by atoms with van der Waals surface area (Å²) in [5.41, 5.74) is 2.32. The number of nitrogens with one attached hydrogen (secondary N) is 1. The molecule has 28 heavy (non-hydrogen) atoms. The zero-order valence-electron chi connectivity index (χ0n) is 15.9. The summed E-state index contributed by atoms with van der Waals surface area (Å²) >= 11 is 0. The van der Waals surface area contributed by atoms with Crippen molar-refractivity contribution in [3.63, 3.8) is 0 Å². The van der Waals surface area contributed by atoms with Gasteiger partial charge in [0.2, 0.25) is 5.91 Å². The van der Waals surface area contributed by atoms with Crippen LogP contribution in [-0.4, -0.2) is 41.0 Å². The fraction of sp³-hybridized carbons (Fsp3) is 0.429. The first-order chi connectivity index (χ1) is 13.4. The maximum absolute atomic E-state index is 13.9. The van der Waals surface area contributed by atoms with Crippen LogP contribution in [0.2, 0.25) is 0 Å². The normalized spacial score (nSPS) is 31.2. The Balaban J connectivity index is 1.41. The molecule has 6 nitrogen and oxygen atoms in total. The molecule has 1 spiro atoms. The fourth-order valence-electron chi connectivity index (χ4n) is 4.47. The SMILES string of the molecule is CN1CCC2(CCC(c3cc(-c4ccc5c(c4)OC(C)(F)O5)ccn3)N2)C1=O. The molecule has 0 bridgehead atoms. The number of halogens is 1. The predicted molar refractivity (Wildman–Crippen MR) is 101 cm³/mol. The average molecular weight is 383 g/mol. The molecular weight excluding hydrogens is 361 g/mol.